The van der Waals surface area contributed by atoms with Gasteiger partial charge in [0.25, 0.3) is 0 Å². The van der Waals surface area contributed by atoms with Crippen LogP contribution >= 0.6 is 0 Å². The van der Waals surface area contributed by atoms with E-state index in [0.717, 1.165) is 16.6 Å². The standard InChI is InChI=1S/C13H17N3O3/c1-13(2,7-14-12(18)19-3)8-4-5-9-10(6-8)16-11(17)15-9/h4-6H,7H2,1-3H3,(H,14,18)(H2,15,16,17). The minimum Gasteiger partial charge on any atom is -0.453 e. The third kappa shape index (κ3) is 2.78. The van der Waals surface area contributed by atoms with Crippen molar-refractivity contribution in [2.75, 3.05) is 13.7 Å². The molecule has 2 aromatic rings. The van der Waals surface area contributed by atoms with Crippen molar-refractivity contribution in [2.24, 2.45) is 0 Å². The van der Waals surface area contributed by atoms with Crippen LogP contribution in [0, 0.1) is 0 Å². The molecule has 0 aliphatic heterocycles. The molecule has 1 heterocycles. The zero-order valence-electron chi connectivity index (χ0n) is 11.2. The number of nitrogens with one attached hydrogen (secondary N) is 3. The van der Waals surface area contributed by atoms with Crippen LogP contribution in [0.4, 0.5) is 4.79 Å². The summed E-state index contributed by atoms with van der Waals surface area (Å²) in [6.45, 7) is 4.46. The van der Waals surface area contributed by atoms with Crippen LogP contribution < -0.4 is 11.0 Å². The Morgan fingerprint density at radius 1 is 1.32 bits per heavy atom. The number of ether oxygens (including phenoxy) is 1. The van der Waals surface area contributed by atoms with Crippen molar-refractivity contribution < 1.29 is 9.53 Å². The highest BCUT2D eigenvalue weighted by molar-refractivity contribution is 5.75. The lowest BCUT2D eigenvalue weighted by Crippen LogP contribution is -2.36. The van der Waals surface area contributed by atoms with Crippen molar-refractivity contribution in [2.45, 2.75) is 19.3 Å². The maximum atomic E-state index is 11.2. The molecule has 0 spiro atoms. The molecule has 3 N–H and O–H groups in total. The van der Waals surface area contributed by atoms with Gasteiger partial charge in [-0.2, -0.15) is 0 Å². The number of hydrogen-bond acceptors (Lipinski definition) is 3. The maximum absolute atomic E-state index is 11.2. The zero-order valence-corrected chi connectivity index (χ0v) is 11.2. The van der Waals surface area contributed by atoms with Crippen LogP contribution in [0.5, 0.6) is 0 Å². The maximum Gasteiger partial charge on any atom is 0.406 e. The average Bonchev–Trinajstić information content (AvgIpc) is 2.74. The molecule has 6 nitrogen and oxygen atoms in total. The van der Waals surface area contributed by atoms with Crippen molar-refractivity contribution in [3.8, 4) is 0 Å². The van der Waals surface area contributed by atoms with Gasteiger partial charge >= 0.3 is 11.8 Å². The number of amides is 1. The summed E-state index contributed by atoms with van der Waals surface area (Å²) in [5.41, 5.74) is 2.06. The minimum absolute atomic E-state index is 0.224. The van der Waals surface area contributed by atoms with E-state index in [-0.39, 0.29) is 11.1 Å². The normalized spacial score (nSPS) is 11.5. The van der Waals surface area contributed by atoms with Crippen LogP contribution in [0.25, 0.3) is 11.0 Å². The Kier molecular flexibility index (Phi) is 3.33. The van der Waals surface area contributed by atoms with Gasteiger partial charge in [0.2, 0.25) is 0 Å². The number of methoxy groups -OCH3 is 1. The predicted molar refractivity (Wildman–Crippen MR) is 72.4 cm³/mol. The Morgan fingerprint density at radius 2 is 2.00 bits per heavy atom. The molecule has 0 saturated carbocycles. The molecule has 102 valence electrons. The molecule has 19 heavy (non-hydrogen) atoms. The van der Waals surface area contributed by atoms with Crippen LogP contribution in [-0.4, -0.2) is 29.7 Å². The Labute approximate surface area is 110 Å². The van der Waals surface area contributed by atoms with Crippen LogP contribution in [-0.2, 0) is 10.2 Å². The first kappa shape index (κ1) is 13.2. The predicted octanol–water partition coefficient (Wildman–Crippen LogP) is 1.49. The third-order valence-electron chi connectivity index (χ3n) is 3.16. The minimum atomic E-state index is -0.454. The second kappa shape index (κ2) is 4.79. The summed E-state index contributed by atoms with van der Waals surface area (Å²) in [4.78, 5) is 27.8. The molecule has 1 aromatic carbocycles. The summed E-state index contributed by atoms with van der Waals surface area (Å²) in [5.74, 6) is 0. The van der Waals surface area contributed by atoms with Gasteiger partial charge in [-0.25, -0.2) is 9.59 Å². The summed E-state index contributed by atoms with van der Waals surface area (Å²) in [7, 11) is 1.33. The Morgan fingerprint density at radius 3 is 2.68 bits per heavy atom. The van der Waals surface area contributed by atoms with E-state index in [4.69, 9.17) is 0 Å². The van der Waals surface area contributed by atoms with Gasteiger partial charge in [0, 0.05) is 12.0 Å². The molecule has 0 radical (unpaired) electrons. The number of hydrogen-bond donors (Lipinski definition) is 3. The summed E-state index contributed by atoms with van der Waals surface area (Å²) in [6.07, 6.45) is -0.454. The van der Waals surface area contributed by atoms with Crippen molar-refractivity contribution in [1.29, 1.82) is 0 Å². The summed E-state index contributed by atoms with van der Waals surface area (Å²) in [5, 5.41) is 2.68. The molecule has 0 saturated heterocycles. The Hall–Kier alpha value is -2.24. The van der Waals surface area contributed by atoms with E-state index in [1.807, 2.05) is 32.0 Å². The fraction of sp³-hybridized carbons (Fsp3) is 0.385. The number of imidazole rings is 1. The number of aromatic amines is 2. The van der Waals surface area contributed by atoms with Crippen LogP contribution in [0.2, 0.25) is 0 Å². The van der Waals surface area contributed by atoms with Crippen molar-refractivity contribution in [1.82, 2.24) is 15.3 Å². The van der Waals surface area contributed by atoms with Gasteiger partial charge < -0.3 is 20.0 Å². The van der Waals surface area contributed by atoms with E-state index in [1.165, 1.54) is 7.11 Å². The number of alkyl carbamates (subject to hydrolysis) is 1. The first-order valence-electron chi connectivity index (χ1n) is 5.97. The summed E-state index contributed by atoms with van der Waals surface area (Å²) in [6, 6.07) is 5.69. The molecule has 1 amide bonds. The average molecular weight is 263 g/mol. The van der Waals surface area contributed by atoms with Gasteiger partial charge in [0.15, 0.2) is 0 Å². The smallest absolute Gasteiger partial charge is 0.406 e. The van der Waals surface area contributed by atoms with E-state index in [2.05, 4.69) is 20.0 Å². The molecule has 0 aliphatic carbocycles. The van der Waals surface area contributed by atoms with Gasteiger partial charge in [-0.15, -0.1) is 0 Å². The molecule has 0 aliphatic rings. The molecule has 0 atom stereocenters. The zero-order chi connectivity index (χ0) is 14.0. The lowest BCUT2D eigenvalue weighted by atomic mass is 9.84. The fourth-order valence-corrected chi connectivity index (χ4v) is 1.92. The Bertz CT molecular complexity index is 654. The fourth-order valence-electron chi connectivity index (χ4n) is 1.92. The second-order valence-corrected chi connectivity index (χ2v) is 5.07. The van der Waals surface area contributed by atoms with Crippen LogP contribution in [0.1, 0.15) is 19.4 Å². The number of carbonyl (C=O) groups excluding carboxylic acids is 1. The van der Waals surface area contributed by atoms with Crippen molar-refractivity contribution in [3.05, 3.63) is 34.2 Å². The molecule has 1 aromatic heterocycles. The highest BCUT2D eigenvalue weighted by Crippen LogP contribution is 2.24. The molecule has 0 unspecified atom stereocenters. The number of aromatic nitrogens is 2. The van der Waals surface area contributed by atoms with Gasteiger partial charge in [-0.1, -0.05) is 19.9 Å². The van der Waals surface area contributed by atoms with Gasteiger partial charge in [0.1, 0.15) is 0 Å². The van der Waals surface area contributed by atoms with E-state index in [1.54, 1.807) is 0 Å². The van der Waals surface area contributed by atoms with Crippen LogP contribution in [0.15, 0.2) is 23.0 Å². The summed E-state index contributed by atoms with van der Waals surface area (Å²) < 4.78 is 4.55. The van der Waals surface area contributed by atoms with Gasteiger partial charge in [-0.3, -0.25) is 0 Å². The monoisotopic (exact) mass is 263 g/mol. The molecular formula is C13H17N3O3. The van der Waals surface area contributed by atoms with Crippen LogP contribution in [0.3, 0.4) is 0 Å². The quantitative estimate of drug-likeness (QED) is 0.784. The van der Waals surface area contributed by atoms with Gasteiger partial charge in [0.05, 0.1) is 18.1 Å². The lowest BCUT2D eigenvalue weighted by Gasteiger charge is -2.25. The molecule has 2 rings (SSSR count). The summed E-state index contributed by atoms with van der Waals surface area (Å²) >= 11 is 0. The van der Waals surface area contributed by atoms with Gasteiger partial charge in [-0.05, 0) is 17.7 Å². The van der Waals surface area contributed by atoms with E-state index in [0.29, 0.717) is 6.54 Å². The van der Waals surface area contributed by atoms with E-state index >= 15 is 0 Å². The lowest BCUT2D eigenvalue weighted by molar-refractivity contribution is 0.168. The third-order valence-corrected chi connectivity index (χ3v) is 3.16. The highest BCUT2D eigenvalue weighted by atomic mass is 16.5. The largest absolute Gasteiger partial charge is 0.453 e. The number of rotatable bonds is 3. The topological polar surface area (TPSA) is 87.0 Å². The van der Waals surface area contributed by atoms with E-state index < -0.39 is 6.09 Å². The second-order valence-electron chi connectivity index (χ2n) is 5.07. The van der Waals surface area contributed by atoms with Crippen molar-refractivity contribution in [3.63, 3.8) is 0 Å². The Balaban J connectivity index is 2.26. The highest BCUT2D eigenvalue weighted by Gasteiger charge is 2.22. The molecule has 0 fully saturated rings. The number of benzene rings is 1. The molecule has 0 bridgehead atoms. The SMILES string of the molecule is COC(=O)NCC(C)(C)c1ccc2[nH]c(=O)[nH]c2c1. The van der Waals surface area contributed by atoms with E-state index in [9.17, 15) is 9.59 Å². The molecular weight excluding hydrogens is 246 g/mol. The number of fused-ring (bicyclic) bond motifs is 1. The number of carbonyl (C=O) groups is 1. The molecule has 6 heteroatoms. The van der Waals surface area contributed by atoms with Crippen molar-refractivity contribution >= 4 is 17.1 Å². The first-order valence-corrected chi connectivity index (χ1v) is 5.97. The number of H-pyrrole nitrogens is 2. The first-order chi connectivity index (χ1) is 8.92.